The molecule has 0 radical (unpaired) electrons. The molecule has 0 amide bonds. The van der Waals surface area contributed by atoms with Gasteiger partial charge in [-0.05, 0) is 52.7 Å². The number of ether oxygens (including phenoxy) is 2. The Hall–Kier alpha value is -3.79. The molecule has 14 nitrogen and oxygen atoms in total. The third-order valence-corrected chi connectivity index (χ3v) is 6.45. The van der Waals surface area contributed by atoms with Gasteiger partial charge >= 0.3 is 32.0 Å². The van der Waals surface area contributed by atoms with Crippen LogP contribution < -0.4 is 14.7 Å². The Labute approximate surface area is 226 Å². The van der Waals surface area contributed by atoms with Crippen molar-refractivity contribution >= 4 is 43.6 Å². The van der Waals surface area contributed by atoms with E-state index in [9.17, 15) is 23.7 Å². The van der Waals surface area contributed by atoms with Gasteiger partial charge in [0.2, 0.25) is 11.6 Å². The van der Waals surface area contributed by atoms with Crippen molar-refractivity contribution < 1.29 is 47.3 Å². The number of hydrogen-bond acceptors (Lipinski definition) is 10. The molecule has 0 spiro atoms. The highest BCUT2D eigenvalue weighted by atomic mass is 31.2. The van der Waals surface area contributed by atoms with E-state index in [1.807, 2.05) is 0 Å². The van der Waals surface area contributed by atoms with Crippen molar-refractivity contribution in [2.24, 2.45) is 0 Å². The predicted molar refractivity (Wildman–Crippen MR) is 138 cm³/mol. The van der Waals surface area contributed by atoms with E-state index in [0.717, 1.165) is 12.4 Å². The van der Waals surface area contributed by atoms with E-state index < -0.39 is 55.5 Å². The number of nitrogens with one attached hydrogen (secondary N) is 4. The molecule has 212 valence electrons. The molecule has 0 saturated heterocycles. The molecule has 0 aliphatic heterocycles. The zero-order chi connectivity index (χ0) is 29.4. The Morgan fingerprint density at radius 1 is 0.821 bits per heavy atom. The topological polar surface area (TPSA) is 213 Å². The fraction of sp³-hybridized carbons (Fsp3) is 0.500. The second-order valence-electron chi connectivity index (χ2n) is 8.82. The highest BCUT2D eigenvalue weighted by Crippen LogP contribution is 2.41. The van der Waals surface area contributed by atoms with Gasteiger partial charge in [-0.15, -0.1) is 0 Å². The molecule has 0 aliphatic carbocycles. The number of nitrogens with zero attached hydrogens (tertiary/aromatic N) is 2. The Balaban J connectivity index is 3.41. The normalized spacial score (nSPS) is 13.7. The average Bonchev–Trinajstić information content (AvgIpc) is 2.84. The highest BCUT2D eigenvalue weighted by Gasteiger charge is 2.38. The first-order valence-corrected chi connectivity index (χ1v) is 13.8. The van der Waals surface area contributed by atoms with E-state index in [2.05, 4.69) is 19.8 Å². The Morgan fingerprint density at radius 2 is 1.23 bits per heavy atom. The molecule has 2 atom stereocenters. The summed E-state index contributed by atoms with van der Waals surface area (Å²) in [6.07, 6.45) is -0.381. The molecule has 0 saturated carbocycles. The molecule has 4 N–H and O–H groups in total. The molecule has 0 unspecified atom stereocenters. The van der Waals surface area contributed by atoms with Crippen molar-refractivity contribution in [3.05, 3.63) is 30.3 Å². The molecular weight excluding hydrogens is 531 g/mol. The summed E-state index contributed by atoms with van der Waals surface area (Å²) in [5.41, 5.74) is 13.6. The number of rotatable bonds is 18. The van der Waals surface area contributed by atoms with Gasteiger partial charge in [-0.25, -0.2) is 14.7 Å². The van der Waals surface area contributed by atoms with Gasteiger partial charge in [-0.1, -0.05) is 18.2 Å². The van der Waals surface area contributed by atoms with Crippen molar-refractivity contribution in [3.8, 4) is 5.75 Å². The zero-order valence-electron chi connectivity index (χ0n) is 22.3. The summed E-state index contributed by atoms with van der Waals surface area (Å²) in [7, 11) is -4.36. The van der Waals surface area contributed by atoms with Crippen LogP contribution in [0.25, 0.3) is 0 Å². The van der Waals surface area contributed by atoms with Gasteiger partial charge in [0.15, 0.2) is 0 Å². The van der Waals surface area contributed by atoms with E-state index in [4.69, 9.17) is 25.1 Å². The molecule has 0 aliphatic rings. The standard InChI is InChI=1S/C24H35N6O8P/c1-16(2)36-23(33)21(12-10-18(31)14-27-25)29-39(35,38-20-8-6-5-7-9-20)30-22(24(34)37-17(3)4)13-11-19(32)15-28-26/h5-9,14-17,21-22,25-26H,10-13H2,1-4H3,(H2,29,30,35)/q+2/t21-,22-/m0/s1. The Kier molecular flexibility index (Phi) is 14.4. The van der Waals surface area contributed by atoms with Crippen LogP contribution in [0.15, 0.2) is 30.3 Å². The molecular formula is C24H35N6O8P+2. The predicted octanol–water partition coefficient (Wildman–Crippen LogP) is 2.31. The minimum absolute atomic E-state index is 0.127. The fourth-order valence-electron chi connectivity index (χ4n) is 3.08. The largest absolute Gasteiger partial charge is 0.462 e. The van der Waals surface area contributed by atoms with Crippen molar-refractivity contribution in [1.29, 1.82) is 11.1 Å². The first-order chi connectivity index (χ1) is 18.4. The van der Waals surface area contributed by atoms with Gasteiger partial charge in [0, 0.05) is 12.8 Å². The average molecular weight is 567 g/mol. The second-order valence-corrected chi connectivity index (χ2v) is 10.6. The third-order valence-electron chi connectivity index (χ3n) is 4.68. The number of carbonyl (C=O) groups excluding carboxylic acids is 4. The summed E-state index contributed by atoms with van der Waals surface area (Å²) < 4.78 is 30.4. The SMILES string of the molecule is CC(C)OC(=O)[C@H](CCC(=O)C=[N+]=N)NP(=O)(N[C@@H](CCC(=O)C=[N+]=N)C(=O)OC(C)C)Oc1ccccc1. The smallest absolute Gasteiger partial charge is 0.391 e. The first kappa shape index (κ1) is 33.2. The van der Waals surface area contributed by atoms with Crippen LogP contribution in [-0.2, 0) is 33.2 Å². The number of ketones is 2. The van der Waals surface area contributed by atoms with E-state index in [0.29, 0.717) is 0 Å². The quantitative estimate of drug-likeness (QED) is 0.0669. The fourth-order valence-corrected chi connectivity index (χ4v) is 4.96. The van der Waals surface area contributed by atoms with E-state index in [1.54, 1.807) is 45.9 Å². The van der Waals surface area contributed by atoms with E-state index >= 15 is 0 Å². The van der Waals surface area contributed by atoms with Gasteiger partial charge in [0.1, 0.15) is 17.8 Å². The summed E-state index contributed by atoms with van der Waals surface area (Å²) in [5.74, 6) is -2.63. The molecule has 0 aromatic heterocycles. The molecule has 0 fully saturated rings. The van der Waals surface area contributed by atoms with Crippen LogP contribution in [0.3, 0.4) is 0 Å². The van der Waals surface area contributed by atoms with Crippen LogP contribution in [-0.4, -0.2) is 69.8 Å². The first-order valence-electron chi connectivity index (χ1n) is 12.2. The van der Waals surface area contributed by atoms with Gasteiger partial charge < -0.3 is 14.0 Å². The molecule has 39 heavy (non-hydrogen) atoms. The Morgan fingerprint density at radius 3 is 1.59 bits per heavy atom. The van der Waals surface area contributed by atoms with Gasteiger partial charge in [-0.3, -0.25) is 19.2 Å². The lowest BCUT2D eigenvalue weighted by Gasteiger charge is -2.29. The van der Waals surface area contributed by atoms with Crippen LogP contribution in [0.1, 0.15) is 53.4 Å². The van der Waals surface area contributed by atoms with E-state index in [1.165, 1.54) is 12.1 Å². The molecule has 15 heteroatoms. The molecule has 1 rings (SSSR count). The number of Topliss-reactive ketones (excluding diaryl/α,β-unsaturated/α-hetero) is 2. The van der Waals surface area contributed by atoms with Gasteiger partial charge in [0.05, 0.1) is 32.8 Å². The lowest BCUT2D eigenvalue weighted by Crippen LogP contribution is -2.46. The molecule has 0 heterocycles. The van der Waals surface area contributed by atoms with Crippen LogP contribution in [0.4, 0.5) is 0 Å². The van der Waals surface area contributed by atoms with Crippen LogP contribution in [0, 0.1) is 11.1 Å². The maximum Gasteiger partial charge on any atom is 0.391 e. The Bertz CT molecular complexity index is 1080. The zero-order valence-corrected chi connectivity index (χ0v) is 23.2. The number of benzene rings is 1. The summed E-state index contributed by atoms with van der Waals surface area (Å²) in [4.78, 5) is 55.4. The lowest BCUT2D eigenvalue weighted by atomic mass is 10.1. The summed E-state index contributed by atoms with van der Waals surface area (Å²) in [5, 5.41) is 5.18. The number of esters is 2. The molecule has 0 bridgehead atoms. The number of carbonyl (C=O) groups is 4. The minimum atomic E-state index is -4.36. The maximum absolute atomic E-state index is 14.2. The third kappa shape index (κ3) is 13.5. The van der Waals surface area contributed by atoms with Crippen LogP contribution >= 0.6 is 7.67 Å². The molecule has 1 aromatic carbocycles. The lowest BCUT2D eigenvalue weighted by molar-refractivity contribution is -0.150. The summed E-state index contributed by atoms with van der Waals surface area (Å²) >= 11 is 0. The van der Waals surface area contributed by atoms with Crippen molar-refractivity contribution in [1.82, 2.24) is 10.2 Å². The van der Waals surface area contributed by atoms with Crippen molar-refractivity contribution in [2.75, 3.05) is 0 Å². The number of para-hydroxylation sites is 1. The highest BCUT2D eigenvalue weighted by molar-refractivity contribution is 7.55. The summed E-state index contributed by atoms with van der Waals surface area (Å²) in [6.45, 7) is 6.45. The van der Waals surface area contributed by atoms with E-state index in [-0.39, 0.29) is 31.4 Å². The second kappa shape index (κ2) is 16.9. The van der Waals surface area contributed by atoms with Crippen LogP contribution in [0.5, 0.6) is 5.75 Å². The minimum Gasteiger partial charge on any atom is -0.462 e. The van der Waals surface area contributed by atoms with Gasteiger partial charge in [0.25, 0.3) is 0 Å². The number of hydrogen-bond donors (Lipinski definition) is 4. The maximum atomic E-state index is 14.2. The molecule has 1 aromatic rings. The summed E-state index contributed by atoms with van der Waals surface area (Å²) in [6, 6.07) is 5.26. The van der Waals surface area contributed by atoms with Crippen molar-refractivity contribution in [2.45, 2.75) is 77.7 Å². The van der Waals surface area contributed by atoms with Crippen molar-refractivity contribution in [3.63, 3.8) is 0 Å². The van der Waals surface area contributed by atoms with Gasteiger partial charge in [-0.2, -0.15) is 0 Å². The van der Waals surface area contributed by atoms with Crippen LogP contribution in [0.2, 0.25) is 0 Å². The monoisotopic (exact) mass is 566 g/mol.